The average Bonchev–Trinajstić information content (AvgIpc) is 2.16. The first-order valence-corrected chi connectivity index (χ1v) is 5.13. The molecule has 0 bridgehead atoms. The van der Waals surface area contributed by atoms with E-state index < -0.39 is 0 Å². The molecule has 0 spiro atoms. The molecular formula is C12H14N2O. The molecule has 2 aromatic rings. The topological polar surface area (TPSA) is 45.8 Å². The molecule has 0 aliphatic rings. The van der Waals surface area contributed by atoms with Crippen molar-refractivity contribution < 1.29 is 0 Å². The van der Waals surface area contributed by atoms with Crippen molar-refractivity contribution >= 4 is 11.0 Å². The first-order valence-electron chi connectivity index (χ1n) is 5.13. The van der Waals surface area contributed by atoms with Crippen molar-refractivity contribution in [2.45, 2.75) is 20.3 Å². The lowest BCUT2D eigenvalue weighted by atomic mass is 10.0. The monoisotopic (exact) mass is 202 g/mol. The molecule has 3 heteroatoms. The van der Waals surface area contributed by atoms with E-state index >= 15 is 0 Å². The third kappa shape index (κ3) is 2.24. The molecule has 3 nitrogen and oxygen atoms in total. The number of rotatable bonds is 2. The second-order valence-electron chi connectivity index (χ2n) is 4.20. The summed E-state index contributed by atoms with van der Waals surface area (Å²) in [5.74, 6) is 0.617. The number of aromatic nitrogens is 2. The Kier molecular flexibility index (Phi) is 2.54. The predicted molar refractivity (Wildman–Crippen MR) is 60.9 cm³/mol. The first-order chi connectivity index (χ1) is 7.15. The van der Waals surface area contributed by atoms with Gasteiger partial charge in [-0.25, -0.2) is 4.98 Å². The Balaban J connectivity index is 2.49. The fourth-order valence-corrected chi connectivity index (χ4v) is 1.69. The van der Waals surface area contributed by atoms with Crippen molar-refractivity contribution in [1.82, 2.24) is 9.97 Å². The molecule has 0 aliphatic carbocycles. The van der Waals surface area contributed by atoms with Crippen LogP contribution in [0.15, 0.2) is 29.2 Å². The lowest BCUT2D eigenvalue weighted by molar-refractivity contribution is 0.647. The first kappa shape index (κ1) is 9.90. The molecule has 0 aliphatic heterocycles. The van der Waals surface area contributed by atoms with Gasteiger partial charge in [0, 0.05) is 0 Å². The Morgan fingerprint density at radius 3 is 2.93 bits per heavy atom. The summed E-state index contributed by atoms with van der Waals surface area (Å²) in [5.41, 5.74) is 2.74. The van der Waals surface area contributed by atoms with Crippen LogP contribution in [0.3, 0.4) is 0 Å². The minimum atomic E-state index is -0.149. The molecule has 15 heavy (non-hydrogen) atoms. The highest BCUT2D eigenvalue weighted by molar-refractivity contribution is 5.74. The Hall–Kier alpha value is -1.64. The highest BCUT2D eigenvalue weighted by Crippen LogP contribution is 2.13. The van der Waals surface area contributed by atoms with E-state index in [-0.39, 0.29) is 5.56 Å². The Morgan fingerprint density at radius 1 is 1.40 bits per heavy atom. The zero-order chi connectivity index (χ0) is 10.8. The summed E-state index contributed by atoms with van der Waals surface area (Å²) in [5, 5.41) is 0. The number of H-pyrrole nitrogens is 1. The van der Waals surface area contributed by atoms with E-state index in [4.69, 9.17) is 0 Å². The van der Waals surface area contributed by atoms with Crippen molar-refractivity contribution in [1.29, 1.82) is 0 Å². The van der Waals surface area contributed by atoms with Crippen LogP contribution in [-0.2, 0) is 6.42 Å². The van der Waals surface area contributed by atoms with Gasteiger partial charge in [-0.05, 0) is 30.0 Å². The van der Waals surface area contributed by atoms with Gasteiger partial charge in [0.15, 0.2) is 0 Å². The summed E-state index contributed by atoms with van der Waals surface area (Å²) in [4.78, 5) is 17.9. The maximum Gasteiger partial charge on any atom is 0.266 e. The van der Waals surface area contributed by atoms with E-state index in [9.17, 15) is 4.79 Å². The van der Waals surface area contributed by atoms with Gasteiger partial charge in [-0.1, -0.05) is 19.9 Å². The Bertz CT molecular complexity index is 528. The van der Waals surface area contributed by atoms with Gasteiger partial charge in [0.1, 0.15) is 0 Å². The fraction of sp³-hybridized carbons (Fsp3) is 0.333. The van der Waals surface area contributed by atoms with Gasteiger partial charge in [-0.3, -0.25) is 4.79 Å². The maximum absolute atomic E-state index is 11.1. The van der Waals surface area contributed by atoms with Gasteiger partial charge in [0.2, 0.25) is 0 Å². The van der Waals surface area contributed by atoms with Crippen LogP contribution >= 0.6 is 0 Å². The summed E-state index contributed by atoms with van der Waals surface area (Å²) >= 11 is 0. The summed E-state index contributed by atoms with van der Waals surface area (Å²) in [6, 6.07) is 6.01. The predicted octanol–water partition coefficient (Wildman–Crippen LogP) is 2.12. The standard InChI is InChI=1S/C12H14N2O/c1-8(2)5-9-3-4-10-11(6-9)14-12(15)7-13-10/h3-4,6-8H,5H2,1-2H3,(H,14,15). The van der Waals surface area contributed by atoms with Crippen molar-refractivity contribution in [3.63, 3.8) is 0 Å². The highest BCUT2D eigenvalue weighted by atomic mass is 16.1. The van der Waals surface area contributed by atoms with Crippen molar-refractivity contribution in [3.05, 3.63) is 40.3 Å². The minimum Gasteiger partial charge on any atom is -0.319 e. The fourth-order valence-electron chi connectivity index (χ4n) is 1.69. The van der Waals surface area contributed by atoms with E-state index in [0.717, 1.165) is 17.5 Å². The SMILES string of the molecule is CC(C)Cc1ccc2ncc(=O)[nH]c2c1. The molecule has 0 saturated carbocycles. The summed E-state index contributed by atoms with van der Waals surface area (Å²) in [6.07, 6.45) is 2.33. The van der Waals surface area contributed by atoms with E-state index in [1.54, 1.807) is 0 Å². The van der Waals surface area contributed by atoms with Gasteiger partial charge in [-0.2, -0.15) is 0 Å². The summed E-state index contributed by atoms with van der Waals surface area (Å²) < 4.78 is 0. The van der Waals surface area contributed by atoms with Gasteiger partial charge >= 0.3 is 0 Å². The quantitative estimate of drug-likeness (QED) is 0.810. The molecule has 0 unspecified atom stereocenters. The molecule has 0 amide bonds. The maximum atomic E-state index is 11.1. The molecule has 0 fully saturated rings. The van der Waals surface area contributed by atoms with Crippen LogP contribution in [0.2, 0.25) is 0 Å². The third-order valence-corrected chi connectivity index (χ3v) is 2.28. The largest absolute Gasteiger partial charge is 0.319 e. The van der Waals surface area contributed by atoms with Crippen LogP contribution in [0, 0.1) is 5.92 Å². The average molecular weight is 202 g/mol. The second-order valence-corrected chi connectivity index (χ2v) is 4.20. The van der Waals surface area contributed by atoms with Crippen molar-refractivity contribution in [3.8, 4) is 0 Å². The number of hydrogen-bond donors (Lipinski definition) is 1. The minimum absolute atomic E-state index is 0.149. The molecule has 0 saturated heterocycles. The van der Waals surface area contributed by atoms with Crippen LogP contribution in [0.1, 0.15) is 19.4 Å². The molecule has 0 radical (unpaired) electrons. The highest BCUT2D eigenvalue weighted by Gasteiger charge is 2.00. The number of benzene rings is 1. The van der Waals surface area contributed by atoms with Crippen molar-refractivity contribution in [2.24, 2.45) is 5.92 Å². The van der Waals surface area contributed by atoms with E-state index in [1.165, 1.54) is 11.8 Å². The van der Waals surface area contributed by atoms with Crippen LogP contribution < -0.4 is 5.56 Å². The van der Waals surface area contributed by atoms with Gasteiger partial charge in [-0.15, -0.1) is 0 Å². The van der Waals surface area contributed by atoms with E-state index in [0.29, 0.717) is 5.92 Å². The zero-order valence-corrected chi connectivity index (χ0v) is 8.95. The molecule has 1 aromatic heterocycles. The van der Waals surface area contributed by atoms with Crippen LogP contribution in [0.5, 0.6) is 0 Å². The van der Waals surface area contributed by atoms with Crippen molar-refractivity contribution in [2.75, 3.05) is 0 Å². The molecule has 1 N–H and O–H groups in total. The van der Waals surface area contributed by atoms with E-state index in [1.807, 2.05) is 12.1 Å². The van der Waals surface area contributed by atoms with Crippen LogP contribution in [0.4, 0.5) is 0 Å². The zero-order valence-electron chi connectivity index (χ0n) is 8.95. The van der Waals surface area contributed by atoms with Gasteiger partial charge < -0.3 is 4.98 Å². The third-order valence-electron chi connectivity index (χ3n) is 2.28. The molecule has 0 atom stereocenters. The lowest BCUT2D eigenvalue weighted by Crippen LogP contribution is -2.05. The number of fused-ring (bicyclic) bond motifs is 1. The molecule has 1 aromatic carbocycles. The molecule has 78 valence electrons. The Morgan fingerprint density at radius 2 is 2.20 bits per heavy atom. The number of nitrogens with zero attached hydrogens (tertiary/aromatic N) is 1. The summed E-state index contributed by atoms with van der Waals surface area (Å²) in [7, 11) is 0. The summed E-state index contributed by atoms with van der Waals surface area (Å²) in [6.45, 7) is 4.35. The van der Waals surface area contributed by atoms with Crippen LogP contribution in [0.25, 0.3) is 11.0 Å². The number of hydrogen-bond acceptors (Lipinski definition) is 2. The lowest BCUT2D eigenvalue weighted by Gasteiger charge is -2.05. The molecule has 2 rings (SSSR count). The van der Waals surface area contributed by atoms with Gasteiger partial charge in [0.25, 0.3) is 5.56 Å². The normalized spacial score (nSPS) is 11.1. The number of aromatic amines is 1. The molecular weight excluding hydrogens is 188 g/mol. The van der Waals surface area contributed by atoms with E-state index in [2.05, 4.69) is 29.9 Å². The Labute approximate surface area is 88.2 Å². The molecule has 1 heterocycles. The second kappa shape index (κ2) is 3.85. The van der Waals surface area contributed by atoms with Crippen LogP contribution in [-0.4, -0.2) is 9.97 Å². The number of nitrogens with one attached hydrogen (secondary N) is 1. The van der Waals surface area contributed by atoms with Gasteiger partial charge in [0.05, 0.1) is 17.2 Å². The smallest absolute Gasteiger partial charge is 0.266 e.